The highest BCUT2D eigenvalue weighted by Gasteiger charge is 1.93. The van der Waals surface area contributed by atoms with E-state index in [1.54, 1.807) is 0 Å². The van der Waals surface area contributed by atoms with E-state index in [0.29, 0.717) is 13.2 Å². The Morgan fingerprint density at radius 2 is 2.62 bits per heavy atom. The molecule has 2 nitrogen and oxygen atoms in total. The van der Waals surface area contributed by atoms with Crippen molar-refractivity contribution in [2.24, 2.45) is 4.99 Å². The molecule has 0 amide bonds. The maximum absolute atomic E-state index is 4.95. The number of thiol groups is 1. The van der Waals surface area contributed by atoms with Crippen LogP contribution in [0.3, 0.4) is 0 Å². The largest absolute Gasteiger partial charge is 0.477 e. The fraction of sp³-hybridized carbons (Fsp3) is 0.333. The smallest absolute Gasteiger partial charge is 0.216 e. The Morgan fingerprint density at radius 3 is 3.23 bits per heavy atom. The molecule has 1 aliphatic rings. The van der Waals surface area contributed by atoms with Gasteiger partial charge >= 0.3 is 0 Å². The van der Waals surface area contributed by atoms with Crippen molar-refractivity contribution >= 4 is 35.4 Å². The van der Waals surface area contributed by atoms with Crippen LogP contribution in [-0.2, 0) is 4.74 Å². The zero-order valence-corrected chi connectivity index (χ0v) is 8.85. The highest BCUT2D eigenvalue weighted by Crippen LogP contribution is 2.06. The standard InChI is InChI=1S/C9H11NOS2/c12-9(13)11-6-5-10-7-8-3-1-2-4-8/h1-3,7H,4-6H2,(H,12,13). The van der Waals surface area contributed by atoms with Crippen LogP contribution in [0.5, 0.6) is 0 Å². The fourth-order valence-corrected chi connectivity index (χ4v) is 1.10. The van der Waals surface area contributed by atoms with Crippen LogP contribution in [-0.4, -0.2) is 23.7 Å². The number of rotatable bonds is 4. The quantitative estimate of drug-likeness (QED) is 0.334. The van der Waals surface area contributed by atoms with Gasteiger partial charge in [0.1, 0.15) is 6.61 Å². The second-order valence-electron chi connectivity index (χ2n) is 2.52. The summed E-state index contributed by atoms with van der Waals surface area (Å²) < 4.78 is 5.23. The molecule has 0 aromatic heterocycles. The number of allylic oxidation sites excluding steroid dienone is 4. The molecule has 0 unspecified atom stereocenters. The zero-order chi connectivity index (χ0) is 9.52. The maximum Gasteiger partial charge on any atom is 0.216 e. The summed E-state index contributed by atoms with van der Waals surface area (Å²) in [7, 11) is 0. The molecule has 0 N–H and O–H groups in total. The van der Waals surface area contributed by atoms with Gasteiger partial charge in [-0.3, -0.25) is 4.99 Å². The predicted octanol–water partition coefficient (Wildman–Crippen LogP) is 2.17. The Hall–Kier alpha value is -0.610. The first-order chi connectivity index (χ1) is 6.29. The van der Waals surface area contributed by atoms with Gasteiger partial charge in [0.25, 0.3) is 0 Å². The van der Waals surface area contributed by atoms with Crippen molar-refractivity contribution in [1.29, 1.82) is 0 Å². The van der Waals surface area contributed by atoms with Crippen LogP contribution in [0.4, 0.5) is 0 Å². The van der Waals surface area contributed by atoms with E-state index in [9.17, 15) is 0 Å². The lowest BCUT2D eigenvalue weighted by Gasteiger charge is -1.98. The average Bonchev–Trinajstić information content (AvgIpc) is 2.55. The summed E-state index contributed by atoms with van der Waals surface area (Å²) in [5.41, 5.74) is 1.23. The zero-order valence-electron chi connectivity index (χ0n) is 7.14. The van der Waals surface area contributed by atoms with Gasteiger partial charge in [-0.2, -0.15) is 0 Å². The number of aliphatic imine (C=N–C) groups is 1. The van der Waals surface area contributed by atoms with E-state index >= 15 is 0 Å². The van der Waals surface area contributed by atoms with Crippen molar-refractivity contribution in [3.05, 3.63) is 23.8 Å². The van der Waals surface area contributed by atoms with Crippen molar-refractivity contribution < 1.29 is 4.74 Å². The maximum atomic E-state index is 4.95. The summed E-state index contributed by atoms with van der Waals surface area (Å²) in [6.07, 6.45) is 9.02. The minimum atomic E-state index is 0.275. The highest BCUT2D eigenvalue weighted by atomic mass is 32.1. The van der Waals surface area contributed by atoms with Gasteiger partial charge < -0.3 is 4.74 Å². The minimum absolute atomic E-state index is 0.275. The molecular weight excluding hydrogens is 202 g/mol. The lowest BCUT2D eigenvalue weighted by molar-refractivity contribution is 0.334. The summed E-state index contributed by atoms with van der Waals surface area (Å²) in [5.74, 6) is 0. The average molecular weight is 213 g/mol. The van der Waals surface area contributed by atoms with E-state index in [4.69, 9.17) is 4.74 Å². The van der Waals surface area contributed by atoms with E-state index < -0.39 is 0 Å². The van der Waals surface area contributed by atoms with Crippen LogP contribution in [0.1, 0.15) is 6.42 Å². The van der Waals surface area contributed by atoms with Gasteiger partial charge in [0.05, 0.1) is 6.54 Å². The van der Waals surface area contributed by atoms with E-state index in [1.807, 2.05) is 18.4 Å². The molecule has 0 spiro atoms. The molecule has 0 heterocycles. The molecular formula is C9H11NOS2. The van der Waals surface area contributed by atoms with Crippen molar-refractivity contribution in [3.8, 4) is 0 Å². The second kappa shape index (κ2) is 5.94. The number of hydrogen-bond donors (Lipinski definition) is 1. The first-order valence-corrected chi connectivity index (χ1v) is 4.86. The molecule has 70 valence electrons. The Kier molecular flexibility index (Phi) is 4.78. The summed E-state index contributed by atoms with van der Waals surface area (Å²) in [6, 6.07) is 0. The van der Waals surface area contributed by atoms with Crippen molar-refractivity contribution in [3.63, 3.8) is 0 Å². The minimum Gasteiger partial charge on any atom is -0.477 e. The van der Waals surface area contributed by atoms with Crippen molar-refractivity contribution in [2.75, 3.05) is 13.2 Å². The normalized spacial score (nSPS) is 15.0. The number of thiocarbonyl (C=S) groups is 1. The predicted molar refractivity (Wildman–Crippen MR) is 62.7 cm³/mol. The van der Waals surface area contributed by atoms with Gasteiger partial charge in [0, 0.05) is 6.21 Å². The number of nitrogens with zero attached hydrogens (tertiary/aromatic N) is 1. The number of hydrogen-bond acceptors (Lipinski definition) is 3. The Bertz CT molecular complexity index is 269. The van der Waals surface area contributed by atoms with Gasteiger partial charge in [-0.1, -0.05) is 30.9 Å². The molecule has 0 aromatic rings. The van der Waals surface area contributed by atoms with E-state index in [2.05, 4.69) is 35.9 Å². The van der Waals surface area contributed by atoms with Crippen LogP contribution in [0.15, 0.2) is 28.8 Å². The van der Waals surface area contributed by atoms with E-state index in [-0.39, 0.29) is 4.38 Å². The molecule has 0 saturated carbocycles. The monoisotopic (exact) mass is 213 g/mol. The molecule has 0 fully saturated rings. The third-order valence-electron chi connectivity index (χ3n) is 1.50. The third-order valence-corrected chi connectivity index (χ3v) is 1.75. The lowest BCUT2D eigenvalue weighted by atomic mass is 10.3. The molecule has 0 aliphatic heterocycles. The first-order valence-electron chi connectivity index (χ1n) is 4.00. The lowest BCUT2D eigenvalue weighted by Crippen LogP contribution is -1.99. The Balaban J connectivity index is 2.08. The molecule has 0 saturated heterocycles. The second-order valence-corrected chi connectivity index (χ2v) is 3.60. The van der Waals surface area contributed by atoms with Crippen LogP contribution in [0.25, 0.3) is 0 Å². The molecule has 4 heteroatoms. The van der Waals surface area contributed by atoms with Crippen molar-refractivity contribution in [2.45, 2.75) is 6.42 Å². The van der Waals surface area contributed by atoms with Crippen LogP contribution >= 0.6 is 24.8 Å². The SMILES string of the molecule is S=C(S)OCCN=CC1=CC=CC1. The molecule has 0 aromatic carbocycles. The fourth-order valence-electron chi connectivity index (χ4n) is 0.927. The Labute approximate surface area is 88.8 Å². The van der Waals surface area contributed by atoms with Gasteiger partial charge in [-0.25, -0.2) is 0 Å². The number of ether oxygens (including phenoxy) is 1. The molecule has 0 radical (unpaired) electrons. The van der Waals surface area contributed by atoms with Crippen LogP contribution in [0.2, 0.25) is 0 Å². The highest BCUT2D eigenvalue weighted by molar-refractivity contribution is 8.10. The molecule has 0 atom stereocenters. The first kappa shape index (κ1) is 10.5. The van der Waals surface area contributed by atoms with Crippen molar-refractivity contribution in [1.82, 2.24) is 0 Å². The van der Waals surface area contributed by atoms with E-state index in [1.165, 1.54) is 5.57 Å². The van der Waals surface area contributed by atoms with Gasteiger partial charge in [-0.05, 0) is 24.2 Å². The topological polar surface area (TPSA) is 21.6 Å². The third kappa shape index (κ3) is 4.85. The van der Waals surface area contributed by atoms with Gasteiger partial charge in [0.15, 0.2) is 0 Å². The molecule has 13 heavy (non-hydrogen) atoms. The van der Waals surface area contributed by atoms with Crippen LogP contribution in [0, 0.1) is 0 Å². The Morgan fingerprint density at radius 1 is 1.77 bits per heavy atom. The van der Waals surface area contributed by atoms with Crippen LogP contribution < -0.4 is 0 Å². The molecule has 1 aliphatic carbocycles. The summed E-state index contributed by atoms with van der Waals surface area (Å²) in [4.78, 5) is 4.17. The van der Waals surface area contributed by atoms with Gasteiger partial charge in [-0.15, -0.1) is 0 Å². The summed E-state index contributed by atoms with van der Waals surface area (Å²) in [5, 5.41) is 0. The summed E-state index contributed by atoms with van der Waals surface area (Å²) >= 11 is 8.44. The van der Waals surface area contributed by atoms with E-state index in [0.717, 1.165) is 6.42 Å². The molecule has 1 rings (SSSR count). The summed E-state index contributed by atoms with van der Waals surface area (Å²) in [6.45, 7) is 1.12. The van der Waals surface area contributed by atoms with Gasteiger partial charge in [0.2, 0.25) is 4.38 Å². The molecule has 0 bridgehead atoms.